The van der Waals surface area contributed by atoms with Crippen molar-refractivity contribution in [2.24, 2.45) is 5.73 Å². The first-order valence-electron chi connectivity index (χ1n) is 3.45. The van der Waals surface area contributed by atoms with Crippen molar-refractivity contribution in [3.05, 3.63) is 0 Å². The molecule has 17 heavy (non-hydrogen) atoms. The second kappa shape index (κ2) is 7.05. The highest BCUT2D eigenvalue weighted by Crippen LogP contribution is 2.64. The van der Waals surface area contributed by atoms with Crippen LogP contribution in [0.4, 0.5) is 0 Å². The van der Waals surface area contributed by atoms with Crippen molar-refractivity contribution in [3.63, 3.8) is 0 Å². The van der Waals surface area contributed by atoms with E-state index in [0.29, 0.717) is 0 Å². The lowest BCUT2D eigenvalue weighted by Crippen LogP contribution is -2.11. The van der Waals surface area contributed by atoms with Crippen LogP contribution < -0.4 is 5.73 Å². The number of aliphatic hydroxyl groups is 1. The number of hydrogen-bond donors (Lipinski definition) is 7. The molecule has 106 valence electrons. The van der Waals surface area contributed by atoms with Gasteiger partial charge in [-0.3, -0.25) is 0 Å². The summed E-state index contributed by atoms with van der Waals surface area (Å²) in [7, 11) is -16.2. The maximum Gasteiger partial charge on any atom is 0.490 e. The summed E-state index contributed by atoms with van der Waals surface area (Å²) in [5, 5.41) is 7.83. The second-order valence-corrected chi connectivity index (χ2v) is 6.56. The topological polar surface area (TPSA) is 217 Å². The van der Waals surface area contributed by atoms with Gasteiger partial charge in [0.15, 0.2) is 0 Å². The molecule has 0 saturated heterocycles. The predicted molar refractivity (Wildman–Crippen MR) is 52.0 cm³/mol. The van der Waals surface area contributed by atoms with E-state index in [9.17, 15) is 13.7 Å². The van der Waals surface area contributed by atoms with Crippen molar-refractivity contribution in [2.45, 2.75) is 13.2 Å². The van der Waals surface area contributed by atoms with Crippen LogP contribution in [0.15, 0.2) is 0 Å². The van der Waals surface area contributed by atoms with Crippen LogP contribution in [-0.4, -0.2) is 35.8 Å². The van der Waals surface area contributed by atoms with E-state index in [1.165, 1.54) is 6.92 Å². The van der Waals surface area contributed by atoms with E-state index >= 15 is 0 Å². The Morgan fingerprint density at radius 1 is 0.941 bits per heavy atom. The molecule has 0 aliphatic heterocycles. The molecule has 0 spiro atoms. The predicted octanol–water partition coefficient (Wildman–Crippen LogP) is -1.41. The molecule has 0 fully saturated rings. The molecule has 0 aliphatic carbocycles. The summed E-state index contributed by atoms with van der Waals surface area (Å²) in [6.07, 6.45) is -0.667. The SMILES string of the molecule is CC(N)O.O=P(O)(O)OP(=O)(O)OP(=O)(O)O. The molecule has 15 heteroatoms. The molecule has 0 aromatic carbocycles. The van der Waals surface area contributed by atoms with Crippen molar-refractivity contribution in [1.29, 1.82) is 0 Å². The lowest BCUT2D eigenvalue weighted by Gasteiger charge is -2.11. The average Bonchev–Trinajstić information content (AvgIpc) is 1.68. The zero-order chi connectivity index (χ0) is 14.5. The van der Waals surface area contributed by atoms with Gasteiger partial charge in [-0.25, -0.2) is 13.7 Å². The fourth-order valence-electron chi connectivity index (χ4n) is 0.284. The Morgan fingerprint density at radius 3 is 1.24 bits per heavy atom. The zero-order valence-corrected chi connectivity index (χ0v) is 10.9. The van der Waals surface area contributed by atoms with Crippen LogP contribution in [0.2, 0.25) is 0 Å². The molecule has 0 saturated carbocycles. The van der Waals surface area contributed by atoms with E-state index in [0.717, 1.165) is 0 Å². The highest BCUT2D eigenvalue weighted by atomic mass is 31.3. The first kappa shape index (κ1) is 19.7. The zero-order valence-electron chi connectivity index (χ0n) is 8.22. The van der Waals surface area contributed by atoms with E-state index in [-0.39, 0.29) is 0 Å². The van der Waals surface area contributed by atoms with Gasteiger partial charge in [-0.1, -0.05) is 0 Å². The Hall–Kier alpha value is 0.330. The van der Waals surface area contributed by atoms with Crippen LogP contribution in [0.1, 0.15) is 6.92 Å². The van der Waals surface area contributed by atoms with E-state index in [2.05, 4.69) is 14.4 Å². The molecule has 0 aliphatic rings. The molecular weight excluding hydrogens is 307 g/mol. The summed E-state index contributed by atoms with van der Waals surface area (Å²) in [6.45, 7) is 1.50. The smallest absolute Gasteiger partial charge is 0.379 e. The van der Waals surface area contributed by atoms with Gasteiger partial charge >= 0.3 is 23.5 Å². The van der Waals surface area contributed by atoms with Gasteiger partial charge in [0, 0.05) is 0 Å². The summed E-state index contributed by atoms with van der Waals surface area (Å²) >= 11 is 0. The molecule has 0 bridgehead atoms. The van der Waals surface area contributed by atoms with Crippen molar-refractivity contribution >= 4 is 23.5 Å². The normalized spacial score (nSPS) is 14.8. The highest BCUT2D eigenvalue weighted by molar-refractivity contribution is 7.66. The van der Waals surface area contributed by atoms with Gasteiger partial charge < -0.3 is 35.3 Å². The Kier molecular flexibility index (Phi) is 8.16. The molecule has 1 atom stereocenters. The van der Waals surface area contributed by atoms with E-state index in [1.807, 2.05) is 0 Å². The molecule has 0 radical (unpaired) electrons. The third kappa shape index (κ3) is 22.1. The minimum atomic E-state index is -5.46. The van der Waals surface area contributed by atoms with Gasteiger partial charge in [0.25, 0.3) is 0 Å². The van der Waals surface area contributed by atoms with Gasteiger partial charge in [0.05, 0.1) is 6.23 Å². The lowest BCUT2D eigenvalue weighted by molar-refractivity contribution is 0.202. The number of hydrogen-bond acceptors (Lipinski definition) is 7. The number of nitrogens with two attached hydrogens (primary N) is 1. The summed E-state index contributed by atoms with van der Waals surface area (Å²) in [6, 6.07) is 0. The van der Waals surface area contributed by atoms with Crippen LogP contribution in [0.3, 0.4) is 0 Å². The molecule has 12 nitrogen and oxygen atoms in total. The largest absolute Gasteiger partial charge is 0.490 e. The van der Waals surface area contributed by atoms with Crippen LogP contribution >= 0.6 is 23.5 Å². The molecule has 8 N–H and O–H groups in total. The molecule has 0 aromatic heterocycles. The molecule has 0 heterocycles. The third-order valence-corrected chi connectivity index (χ3v) is 3.77. The van der Waals surface area contributed by atoms with E-state index < -0.39 is 29.7 Å². The van der Waals surface area contributed by atoms with Crippen LogP contribution in [0, 0.1) is 0 Å². The minimum absolute atomic E-state index is 0.667. The molecule has 1 unspecified atom stereocenters. The summed E-state index contributed by atoms with van der Waals surface area (Å²) in [5.74, 6) is 0. The van der Waals surface area contributed by atoms with Gasteiger partial charge in [0.2, 0.25) is 0 Å². The van der Waals surface area contributed by atoms with E-state index in [1.54, 1.807) is 0 Å². The third-order valence-electron chi connectivity index (χ3n) is 0.419. The van der Waals surface area contributed by atoms with Gasteiger partial charge in [-0.15, -0.1) is 0 Å². The Morgan fingerprint density at radius 2 is 1.12 bits per heavy atom. The Bertz CT molecular complexity index is 321. The highest BCUT2D eigenvalue weighted by Gasteiger charge is 2.38. The van der Waals surface area contributed by atoms with Gasteiger partial charge in [0.1, 0.15) is 0 Å². The first-order valence-corrected chi connectivity index (χ1v) is 8.00. The van der Waals surface area contributed by atoms with E-state index in [4.69, 9.17) is 29.6 Å². The quantitative estimate of drug-likeness (QED) is 0.235. The molecule has 0 aromatic rings. The van der Waals surface area contributed by atoms with Crippen LogP contribution in [0.5, 0.6) is 0 Å². The van der Waals surface area contributed by atoms with Crippen LogP contribution in [0.25, 0.3) is 0 Å². The maximum absolute atomic E-state index is 10.4. The summed E-state index contributed by atoms with van der Waals surface area (Å²) in [4.78, 5) is 40.2. The van der Waals surface area contributed by atoms with Crippen molar-refractivity contribution in [1.82, 2.24) is 0 Å². The van der Waals surface area contributed by atoms with Gasteiger partial charge in [-0.2, -0.15) is 8.62 Å². The van der Waals surface area contributed by atoms with Crippen LogP contribution in [-0.2, 0) is 22.3 Å². The van der Waals surface area contributed by atoms with Crippen molar-refractivity contribution in [2.75, 3.05) is 0 Å². The van der Waals surface area contributed by atoms with Crippen molar-refractivity contribution in [3.8, 4) is 0 Å². The minimum Gasteiger partial charge on any atom is -0.379 e. The number of aliphatic hydroxyl groups excluding tert-OH is 1. The number of rotatable bonds is 4. The fourth-order valence-corrected chi connectivity index (χ4v) is 2.82. The van der Waals surface area contributed by atoms with Gasteiger partial charge in [-0.05, 0) is 6.92 Å². The summed E-state index contributed by atoms with van der Waals surface area (Å²) < 4.78 is 36.4. The molecule has 0 rings (SSSR count). The molecular formula is C2H12NO11P3. The Balaban J connectivity index is 0. The molecule has 0 amide bonds. The Labute approximate surface area is 95.1 Å². The standard InChI is InChI=1S/C2H7NO.H5O10P3/c1-2(3)4;1-11(2,3)9-13(7,8)10-12(4,5)6/h2,4H,3H2,1H3;(H,7,8)(H2,1,2,3)(H2,4,5,6). The first-order chi connectivity index (χ1) is 7.15. The monoisotopic (exact) mass is 319 g/mol. The summed E-state index contributed by atoms with van der Waals surface area (Å²) in [5.41, 5.74) is 4.67. The fraction of sp³-hybridized carbons (Fsp3) is 1.00. The average molecular weight is 319 g/mol. The maximum atomic E-state index is 10.4. The number of phosphoric acid groups is 3. The lowest BCUT2D eigenvalue weighted by atomic mass is 10.7. The van der Waals surface area contributed by atoms with Crippen molar-refractivity contribution < 1.29 is 51.9 Å². The second-order valence-electron chi connectivity index (χ2n) is 2.35.